The molecule has 0 spiro atoms. The normalized spacial score (nSPS) is 47.2. The minimum Gasteiger partial charge on any atom is -0.462 e. The summed E-state index contributed by atoms with van der Waals surface area (Å²) < 4.78 is 11.4. The van der Waals surface area contributed by atoms with Gasteiger partial charge in [-0.3, -0.25) is 9.59 Å². The van der Waals surface area contributed by atoms with Crippen LogP contribution in [0.15, 0.2) is 11.6 Å². The second kappa shape index (κ2) is 6.88. The second-order valence-electron chi connectivity index (χ2n) is 10.5. The van der Waals surface area contributed by atoms with E-state index in [0.717, 1.165) is 32.1 Å². The lowest BCUT2D eigenvalue weighted by atomic mass is 9.48. The minimum absolute atomic E-state index is 0.0575. The molecule has 4 aliphatic carbocycles. The van der Waals surface area contributed by atoms with E-state index in [9.17, 15) is 9.59 Å². The van der Waals surface area contributed by atoms with E-state index in [2.05, 4.69) is 26.8 Å². The van der Waals surface area contributed by atoms with Gasteiger partial charge < -0.3 is 9.47 Å². The zero-order valence-corrected chi connectivity index (χ0v) is 18.1. The number of fused-ring (bicyclic) bond motifs is 5. The van der Waals surface area contributed by atoms with Gasteiger partial charge in [0, 0.05) is 25.7 Å². The van der Waals surface area contributed by atoms with Crippen LogP contribution in [0.1, 0.15) is 79.6 Å². The third-order valence-corrected chi connectivity index (χ3v) is 8.91. The van der Waals surface area contributed by atoms with Crippen molar-refractivity contribution in [2.45, 2.75) is 91.8 Å². The van der Waals surface area contributed by atoms with Gasteiger partial charge >= 0.3 is 11.9 Å². The number of allylic oxidation sites excluding steroid dienone is 1. The van der Waals surface area contributed by atoms with Crippen LogP contribution in [0.5, 0.6) is 0 Å². The molecule has 0 N–H and O–H groups in total. The van der Waals surface area contributed by atoms with Crippen molar-refractivity contribution in [2.24, 2.45) is 34.5 Å². The van der Waals surface area contributed by atoms with Gasteiger partial charge in [0.1, 0.15) is 12.2 Å². The van der Waals surface area contributed by atoms with Gasteiger partial charge in [0.05, 0.1) is 0 Å². The molecule has 3 fully saturated rings. The van der Waals surface area contributed by atoms with Crippen LogP contribution in [0.4, 0.5) is 0 Å². The summed E-state index contributed by atoms with van der Waals surface area (Å²) >= 11 is 0. The van der Waals surface area contributed by atoms with E-state index < -0.39 is 0 Å². The maximum absolute atomic E-state index is 11.7. The van der Waals surface area contributed by atoms with Crippen molar-refractivity contribution in [3.05, 3.63) is 11.6 Å². The summed E-state index contributed by atoms with van der Waals surface area (Å²) in [5.41, 5.74) is 1.88. The van der Waals surface area contributed by atoms with Gasteiger partial charge in [-0.25, -0.2) is 0 Å². The van der Waals surface area contributed by atoms with Gasteiger partial charge in [0.25, 0.3) is 0 Å². The van der Waals surface area contributed by atoms with Gasteiger partial charge in [0.15, 0.2) is 0 Å². The molecule has 4 rings (SSSR count). The molecular weight excluding hydrogens is 352 g/mol. The van der Waals surface area contributed by atoms with Gasteiger partial charge in [-0.05, 0) is 67.6 Å². The largest absolute Gasteiger partial charge is 0.462 e. The fourth-order valence-corrected chi connectivity index (χ4v) is 7.71. The number of carbonyl (C=O) groups excluding carboxylic acids is 2. The van der Waals surface area contributed by atoms with Gasteiger partial charge in [-0.15, -0.1) is 0 Å². The molecule has 0 aromatic carbocycles. The molecule has 3 saturated carbocycles. The SMILES string of the molecule is CC(=O)OC1CCC2(C)C(=CCC3C2CCC2(C)C3C[C@@H](C)C2OC(C)=O)C1. The van der Waals surface area contributed by atoms with Crippen molar-refractivity contribution < 1.29 is 19.1 Å². The summed E-state index contributed by atoms with van der Waals surface area (Å²) in [5.74, 6) is 2.16. The van der Waals surface area contributed by atoms with Gasteiger partial charge in [0.2, 0.25) is 0 Å². The number of hydrogen-bond acceptors (Lipinski definition) is 4. The first-order valence-electron chi connectivity index (χ1n) is 11.2. The Bertz CT molecular complexity index is 697. The molecule has 0 aliphatic heterocycles. The third kappa shape index (κ3) is 3.02. The fraction of sp³-hybridized carbons (Fsp3) is 0.833. The monoisotopic (exact) mass is 388 g/mol. The molecule has 156 valence electrons. The first-order valence-corrected chi connectivity index (χ1v) is 11.2. The lowest BCUT2D eigenvalue weighted by molar-refractivity contribution is -0.159. The van der Waals surface area contributed by atoms with Crippen molar-refractivity contribution in [3.8, 4) is 0 Å². The van der Waals surface area contributed by atoms with Crippen LogP contribution in [0.2, 0.25) is 0 Å². The van der Waals surface area contributed by atoms with Crippen LogP contribution in [0.3, 0.4) is 0 Å². The molecule has 0 bridgehead atoms. The highest BCUT2D eigenvalue weighted by atomic mass is 16.5. The summed E-state index contributed by atoms with van der Waals surface area (Å²) in [4.78, 5) is 23.1. The Balaban J connectivity index is 1.58. The molecule has 28 heavy (non-hydrogen) atoms. The zero-order valence-electron chi connectivity index (χ0n) is 18.1. The highest BCUT2D eigenvalue weighted by Crippen LogP contribution is 2.66. The molecule has 4 nitrogen and oxygen atoms in total. The van der Waals surface area contributed by atoms with Crippen LogP contribution >= 0.6 is 0 Å². The Morgan fingerprint density at radius 2 is 1.75 bits per heavy atom. The molecule has 8 atom stereocenters. The van der Waals surface area contributed by atoms with Crippen molar-refractivity contribution in [2.75, 3.05) is 0 Å². The number of esters is 2. The van der Waals surface area contributed by atoms with Gasteiger partial charge in [-0.1, -0.05) is 32.4 Å². The lowest BCUT2D eigenvalue weighted by Crippen LogP contribution is -2.51. The molecule has 0 amide bonds. The Labute approximate surface area is 169 Å². The summed E-state index contributed by atoms with van der Waals surface area (Å²) in [6.45, 7) is 10.2. The van der Waals surface area contributed by atoms with E-state index in [1.54, 1.807) is 6.92 Å². The molecule has 0 radical (unpaired) electrons. The van der Waals surface area contributed by atoms with Crippen LogP contribution in [0.25, 0.3) is 0 Å². The lowest BCUT2D eigenvalue weighted by Gasteiger charge is -2.57. The number of ether oxygens (including phenoxy) is 2. The Kier molecular flexibility index (Phi) is 4.91. The van der Waals surface area contributed by atoms with Crippen LogP contribution in [-0.4, -0.2) is 24.1 Å². The molecule has 0 heterocycles. The van der Waals surface area contributed by atoms with E-state index in [1.807, 2.05) is 0 Å². The van der Waals surface area contributed by atoms with E-state index >= 15 is 0 Å². The van der Waals surface area contributed by atoms with E-state index in [-0.39, 0.29) is 35.0 Å². The molecular formula is C24H36O4. The van der Waals surface area contributed by atoms with Crippen LogP contribution in [0, 0.1) is 34.5 Å². The standard InChI is InChI=1S/C24H36O4/c1-14-12-21-19-7-6-17-13-18(27-15(2)25)8-10-23(17,4)20(19)9-11-24(21,5)22(14)28-16(3)26/h6,14,18-22H,7-13H2,1-5H3/t14-,18?,19?,20?,21?,22?,23?,24?/m1/s1. The average molecular weight is 389 g/mol. The van der Waals surface area contributed by atoms with E-state index in [1.165, 1.54) is 25.3 Å². The first-order chi connectivity index (χ1) is 13.1. The molecule has 4 aliphatic rings. The molecule has 4 heteroatoms. The Morgan fingerprint density at radius 3 is 2.43 bits per heavy atom. The third-order valence-electron chi connectivity index (χ3n) is 8.91. The van der Waals surface area contributed by atoms with Crippen LogP contribution in [-0.2, 0) is 19.1 Å². The van der Waals surface area contributed by atoms with Crippen molar-refractivity contribution >= 4 is 11.9 Å². The molecule has 0 aromatic rings. The van der Waals surface area contributed by atoms with Crippen molar-refractivity contribution in [1.29, 1.82) is 0 Å². The summed E-state index contributed by atoms with van der Waals surface area (Å²) in [6.07, 6.45) is 10.3. The predicted molar refractivity (Wildman–Crippen MR) is 107 cm³/mol. The van der Waals surface area contributed by atoms with Crippen LogP contribution < -0.4 is 0 Å². The maximum Gasteiger partial charge on any atom is 0.302 e. The predicted octanol–water partition coefficient (Wildman–Crippen LogP) is 5.06. The quantitative estimate of drug-likeness (QED) is 0.490. The summed E-state index contributed by atoms with van der Waals surface area (Å²) in [7, 11) is 0. The second-order valence-corrected chi connectivity index (χ2v) is 10.5. The van der Waals surface area contributed by atoms with Crippen molar-refractivity contribution in [3.63, 3.8) is 0 Å². The highest BCUT2D eigenvalue weighted by molar-refractivity contribution is 5.66. The molecule has 0 aromatic heterocycles. The Hall–Kier alpha value is -1.32. The number of hydrogen-bond donors (Lipinski definition) is 0. The first kappa shape index (κ1) is 20.0. The van der Waals surface area contributed by atoms with Crippen molar-refractivity contribution in [1.82, 2.24) is 0 Å². The fourth-order valence-electron chi connectivity index (χ4n) is 7.71. The van der Waals surface area contributed by atoms with E-state index in [0.29, 0.717) is 23.7 Å². The summed E-state index contributed by atoms with van der Waals surface area (Å²) in [6, 6.07) is 0. The number of rotatable bonds is 2. The topological polar surface area (TPSA) is 52.6 Å². The van der Waals surface area contributed by atoms with E-state index in [4.69, 9.17) is 9.47 Å². The maximum atomic E-state index is 11.7. The summed E-state index contributed by atoms with van der Waals surface area (Å²) in [5, 5.41) is 0. The smallest absolute Gasteiger partial charge is 0.302 e. The molecule has 7 unspecified atom stereocenters. The highest BCUT2D eigenvalue weighted by Gasteiger charge is 2.61. The molecule has 0 saturated heterocycles. The Morgan fingerprint density at radius 1 is 1.04 bits per heavy atom. The minimum atomic E-state index is -0.159. The van der Waals surface area contributed by atoms with Gasteiger partial charge in [-0.2, -0.15) is 0 Å². The zero-order chi connectivity index (χ0) is 20.3. The average Bonchev–Trinajstić information content (AvgIpc) is 2.85. The number of carbonyl (C=O) groups is 2.